The Bertz CT molecular complexity index is 630. The molecule has 3 rings (SSSR count). The molecule has 1 saturated heterocycles. The van der Waals surface area contributed by atoms with Gasteiger partial charge in [0.1, 0.15) is 0 Å². The van der Waals surface area contributed by atoms with Crippen molar-refractivity contribution < 1.29 is 0 Å². The Morgan fingerprint density at radius 3 is 2.81 bits per heavy atom. The Balaban J connectivity index is 1.78. The van der Waals surface area contributed by atoms with Gasteiger partial charge in [0.15, 0.2) is 0 Å². The number of hydrogen-bond donors (Lipinski definition) is 2. The summed E-state index contributed by atoms with van der Waals surface area (Å²) < 4.78 is 0. The fourth-order valence-electron chi connectivity index (χ4n) is 2.99. The van der Waals surface area contributed by atoms with Gasteiger partial charge in [0.25, 0.3) is 0 Å². The third-order valence-corrected chi connectivity index (χ3v) is 4.70. The number of nitrogens with one attached hydrogen (secondary N) is 1. The molecule has 21 heavy (non-hydrogen) atoms. The van der Waals surface area contributed by atoms with Crippen LogP contribution in [0, 0.1) is 5.41 Å². The zero-order valence-electron chi connectivity index (χ0n) is 12.9. The van der Waals surface area contributed by atoms with E-state index < -0.39 is 0 Å². The van der Waals surface area contributed by atoms with Crippen molar-refractivity contribution in [2.75, 3.05) is 37.7 Å². The van der Waals surface area contributed by atoms with Crippen LogP contribution in [0.4, 0.5) is 11.4 Å². The van der Waals surface area contributed by atoms with Gasteiger partial charge in [-0.2, -0.15) is 0 Å². The molecule has 1 aliphatic rings. The van der Waals surface area contributed by atoms with Crippen molar-refractivity contribution in [3.05, 3.63) is 30.5 Å². The summed E-state index contributed by atoms with van der Waals surface area (Å²) in [7, 11) is 2.20. The molecule has 2 aromatic rings. The van der Waals surface area contributed by atoms with Crippen molar-refractivity contribution in [2.45, 2.75) is 19.8 Å². The first-order valence-corrected chi connectivity index (χ1v) is 7.63. The standard InChI is InChI=1S/C17H24N4/c1-17(7-10-21(2)11-8-17)12-20-15-6-5-14(18)16-13(15)4-3-9-19-16/h3-6,9,20H,7-8,10-12,18H2,1-2H3. The Hall–Kier alpha value is -1.81. The third kappa shape index (κ3) is 2.95. The molecule has 0 atom stereocenters. The van der Waals surface area contributed by atoms with Crippen LogP contribution in [-0.4, -0.2) is 36.6 Å². The number of pyridine rings is 1. The average molecular weight is 284 g/mol. The lowest BCUT2D eigenvalue weighted by Crippen LogP contribution is -2.40. The highest BCUT2D eigenvalue weighted by Crippen LogP contribution is 2.32. The quantitative estimate of drug-likeness (QED) is 0.851. The molecular formula is C17H24N4. The number of hydrogen-bond acceptors (Lipinski definition) is 4. The van der Waals surface area contributed by atoms with Gasteiger partial charge in [0, 0.05) is 23.8 Å². The van der Waals surface area contributed by atoms with Crippen LogP contribution in [0.1, 0.15) is 19.8 Å². The SMILES string of the molecule is CN1CCC(C)(CNc2ccc(N)c3ncccc23)CC1. The predicted molar refractivity (Wildman–Crippen MR) is 89.5 cm³/mol. The molecule has 4 nitrogen and oxygen atoms in total. The lowest BCUT2D eigenvalue weighted by atomic mass is 9.80. The van der Waals surface area contributed by atoms with E-state index >= 15 is 0 Å². The number of nitrogens with two attached hydrogens (primary N) is 1. The molecule has 0 amide bonds. The summed E-state index contributed by atoms with van der Waals surface area (Å²) in [5, 5.41) is 4.73. The van der Waals surface area contributed by atoms with Crippen LogP contribution in [0.2, 0.25) is 0 Å². The monoisotopic (exact) mass is 284 g/mol. The van der Waals surface area contributed by atoms with Crippen molar-refractivity contribution >= 4 is 22.3 Å². The molecule has 1 aromatic heterocycles. The van der Waals surface area contributed by atoms with Crippen LogP contribution in [0.25, 0.3) is 10.9 Å². The summed E-state index contributed by atoms with van der Waals surface area (Å²) >= 11 is 0. The number of nitrogen functional groups attached to an aromatic ring is 1. The van der Waals surface area contributed by atoms with Crippen molar-refractivity contribution in [2.24, 2.45) is 5.41 Å². The summed E-state index contributed by atoms with van der Waals surface area (Å²) in [6, 6.07) is 8.05. The maximum atomic E-state index is 6.01. The summed E-state index contributed by atoms with van der Waals surface area (Å²) in [5.41, 5.74) is 9.13. The Labute approximate surface area is 126 Å². The number of aromatic nitrogens is 1. The van der Waals surface area contributed by atoms with E-state index in [4.69, 9.17) is 5.73 Å². The number of benzene rings is 1. The maximum absolute atomic E-state index is 6.01. The van der Waals surface area contributed by atoms with E-state index in [0.29, 0.717) is 5.41 Å². The summed E-state index contributed by atoms with van der Waals surface area (Å²) in [6.45, 7) is 5.74. The zero-order chi connectivity index (χ0) is 14.9. The van der Waals surface area contributed by atoms with Gasteiger partial charge in [0.2, 0.25) is 0 Å². The topological polar surface area (TPSA) is 54.2 Å². The summed E-state index contributed by atoms with van der Waals surface area (Å²) in [6.07, 6.45) is 4.27. The molecule has 112 valence electrons. The molecular weight excluding hydrogens is 260 g/mol. The molecule has 4 heteroatoms. The van der Waals surface area contributed by atoms with Crippen LogP contribution in [0.15, 0.2) is 30.5 Å². The molecule has 0 unspecified atom stereocenters. The predicted octanol–water partition coefficient (Wildman–Crippen LogP) is 2.96. The molecule has 1 aliphatic heterocycles. The van der Waals surface area contributed by atoms with E-state index in [-0.39, 0.29) is 0 Å². The van der Waals surface area contributed by atoms with Gasteiger partial charge in [-0.15, -0.1) is 0 Å². The lowest BCUT2D eigenvalue weighted by molar-refractivity contribution is 0.150. The van der Waals surface area contributed by atoms with Gasteiger partial charge in [-0.05, 0) is 62.7 Å². The van der Waals surface area contributed by atoms with E-state index in [1.807, 2.05) is 12.1 Å². The minimum Gasteiger partial charge on any atom is -0.397 e. The van der Waals surface area contributed by atoms with E-state index in [1.165, 1.54) is 25.9 Å². The second kappa shape index (κ2) is 5.53. The number of nitrogens with zero attached hydrogens (tertiary/aromatic N) is 2. The Morgan fingerprint density at radius 1 is 1.29 bits per heavy atom. The molecule has 0 bridgehead atoms. The molecule has 0 aliphatic carbocycles. The van der Waals surface area contributed by atoms with Crippen molar-refractivity contribution in [3.8, 4) is 0 Å². The normalized spacial score (nSPS) is 18.8. The third-order valence-electron chi connectivity index (χ3n) is 4.70. The van der Waals surface area contributed by atoms with E-state index in [9.17, 15) is 0 Å². The van der Waals surface area contributed by atoms with Gasteiger partial charge in [-0.25, -0.2) is 0 Å². The highest BCUT2D eigenvalue weighted by molar-refractivity contribution is 5.98. The van der Waals surface area contributed by atoms with E-state index in [2.05, 4.69) is 41.3 Å². The molecule has 2 heterocycles. The van der Waals surface area contributed by atoms with Crippen molar-refractivity contribution in [1.82, 2.24) is 9.88 Å². The Morgan fingerprint density at radius 2 is 2.05 bits per heavy atom. The largest absolute Gasteiger partial charge is 0.397 e. The fourth-order valence-corrected chi connectivity index (χ4v) is 2.99. The van der Waals surface area contributed by atoms with Crippen LogP contribution < -0.4 is 11.1 Å². The summed E-state index contributed by atoms with van der Waals surface area (Å²) in [4.78, 5) is 6.80. The number of likely N-dealkylation sites (tertiary alicyclic amines) is 1. The number of piperidine rings is 1. The van der Waals surface area contributed by atoms with Crippen molar-refractivity contribution in [1.29, 1.82) is 0 Å². The van der Waals surface area contributed by atoms with E-state index in [1.54, 1.807) is 6.20 Å². The van der Waals surface area contributed by atoms with Gasteiger partial charge in [-0.3, -0.25) is 4.98 Å². The highest BCUT2D eigenvalue weighted by atomic mass is 15.1. The second-order valence-corrected chi connectivity index (χ2v) is 6.57. The maximum Gasteiger partial charge on any atom is 0.0951 e. The minimum atomic E-state index is 0.364. The Kier molecular flexibility index (Phi) is 3.72. The smallest absolute Gasteiger partial charge is 0.0951 e. The van der Waals surface area contributed by atoms with Gasteiger partial charge in [0.05, 0.1) is 11.2 Å². The lowest BCUT2D eigenvalue weighted by Gasteiger charge is -2.38. The highest BCUT2D eigenvalue weighted by Gasteiger charge is 2.28. The minimum absolute atomic E-state index is 0.364. The van der Waals surface area contributed by atoms with Crippen LogP contribution in [0.5, 0.6) is 0 Å². The first kappa shape index (κ1) is 14.1. The molecule has 3 N–H and O–H groups in total. The van der Waals surface area contributed by atoms with Gasteiger partial charge >= 0.3 is 0 Å². The van der Waals surface area contributed by atoms with Gasteiger partial charge < -0.3 is 16.0 Å². The molecule has 0 radical (unpaired) electrons. The molecule has 0 spiro atoms. The molecule has 1 aromatic carbocycles. The van der Waals surface area contributed by atoms with Crippen LogP contribution >= 0.6 is 0 Å². The molecule has 0 saturated carbocycles. The number of fused-ring (bicyclic) bond motifs is 1. The van der Waals surface area contributed by atoms with Gasteiger partial charge in [-0.1, -0.05) is 6.92 Å². The van der Waals surface area contributed by atoms with E-state index in [0.717, 1.165) is 28.8 Å². The summed E-state index contributed by atoms with van der Waals surface area (Å²) in [5.74, 6) is 0. The number of anilines is 2. The number of rotatable bonds is 3. The first-order chi connectivity index (χ1) is 10.1. The zero-order valence-corrected chi connectivity index (χ0v) is 12.9. The van der Waals surface area contributed by atoms with Crippen LogP contribution in [-0.2, 0) is 0 Å². The fraction of sp³-hybridized carbons (Fsp3) is 0.471. The second-order valence-electron chi connectivity index (χ2n) is 6.57. The molecule has 1 fully saturated rings. The van der Waals surface area contributed by atoms with Crippen molar-refractivity contribution in [3.63, 3.8) is 0 Å². The average Bonchev–Trinajstić information content (AvgIpc) is 2.50. The first-order valence-electron chi connectivity index (χ1n) is 7.63. The van der Waals surface area contributed by atoms with Crippen LogP contribution in [0.3, 0.4) is 0 Å².